The van der Waals surface area contributed by atoms with Crippen LogP contribution in [-0.4, -0.2) is 24.1 Å². The van der Waals surface area contributed by atoms with E-state index in [0.29, 0.717) is 28.9 Å². The van der Waals surface area contributed by atoms with Crippen LogP contribution >= 0.6 is 0 Å². The number of hydrogen-bond acceptors (Lipinski definition) is 4. The third-order valence-electron chi connectivity index (χ3n) is 10.1. The van der Waals surface area contributed by atoms with E-state index >= 15 is 0 Å². The van der Waals surface area contributed by atoms with Gasteiger partial charge in [0.2, 0.25) is 0 Å². The predicted octanol–water partition coefficient (Wildman–Crippen LogP) is 7.09. The molecule has 0 heterocycles. The number of carbonyl (C=O) groups excluding carboxylic acids is 2. The van der Waals surface area contributed by atoms with Crippen molar-refractivity contribution in [1.82, 2.24) is 0 Å². The molecule has 2 aromatic carbocycles. The lowest BCUT2D eigenvalue weighted by Crippen LogP contribution is -2.59. The van der Waals surface area contributed by atoms with E-state index in [1.54, 1.807) is 0 Å². The van der Waals surface area contributed by atoms with Crippen molar-refractivity contribution >= 4 is 11.9 Å². The molecule has 7 atom stereocenters. The third-order valence-corrected chi connectivity index (χ3v) is 10.1. The van der Waals surface area contributed by atoms with Crippen molar-refractivity contribution in [3.05, 3.63) is 71.8 Å². The van der Waals surface area contributed by atoms with E-state index in [1.165, 1.54) is 0 Å². The summed E-state index contributed by atoms with van der Waals surface area (Å²) in [6.07, 6.45) is 7.24. The number of esters is 2. The van der Waals surface area contributed by atoms with Crippen LogP contribution in [0.25, 0.3) is 0 Å². The highest BCUT2D eigenvalue weighted by atomic mass is 16.5. The molecule has 4 nitrogen and oxygen atoms in total. The lowest BCUT2D eigenvalue weighted by molar-refractivity contribution is -0.178. The summed E-state index contributed by atoms with van der Waals surface area (Å²) >= 11 is 0. The van der Waals surface area contributed by atoms with Gasteiger partial charge in [-0.1, -0.05) is 57.2 Å². The van der Waals surface area contributed by atoms with Crippen LogP contribution in [0.2, 0.25) is 0 Å². The van der Waals surface area contributed by atoms with E-state index < -0.39 is 0 Å². The molecule has 35 heavy (non-hydrogen) atoms. The van der Waals surface area contributed by atoms with E-state index in [1.807, 2.05) is 60.7 Å². The number of benzene rings is 2. The van der Waals surface area contributed by atoms with Crippen LogP contribution in [-0.2, 0) is 9.47 Å². The van der Waals surface area contributed by atoms with Gasteiger partial charge in [-0.2, -0.15) is 0 Å². The average Bonchev–Trinajstić information content (AvgIpc) is 2.88. The highest BCUT2D eigenvalue weighted by molar-refractivity contribution is 5.89. The van der Waals surface area contributed by atoms with Gasteiger partial charge in [0.05, 0.1) is 11.1 Å². The van der Waals surface area contributed by atoms with Crippen molar-refractivity contribution in [1.29, 1.82) is 0 Å². The fourth-order valence-electron chi connectivity index (χ4n) is 7.80. The van der Waals surface area contributed by atoms with Crippen molar-refractivity contribution in [2.75, 3.05) is 0 Å². The second-order valence-electron chi connectivity index (χ2n) is 11.6. The number of hydrogen-bond donors (Lipinski definition) is 0. The Balaban J connectivity index is 1.25. The molecule has 3 saturated carbocycles. The molecule has 4 heteroatoms. The average molecular weight is 475 g/mol. The van der Waals surface area contributed by atoms with Crippen LogP contribution in [0.1, 0.15) is 86.4 Å². The Kier molecular flexibility index (Phi) is 6.50. The summed E-state index contributed by atoms with van der Waals surface area (Å²) in [6.45, 7) is 7.27. The number of ether oxygens (including phenoxy) is 2. The second kappa shape index (κ2) is 9.44. The van der Waals surface area contributed by atoms with Gasteiger partial charge in [-0.15, -0.1) is 0 Å². The van der Waals surface area contributed by atoms with Crippen LogP contribution in [0.5, 0.6) is 0 Å². The van der Waals surface area contributed by atoms with Crippen LogP contribution < -0.4 is 0 Å². The van der Waals surface area contributed by atoms with Gasteiger partial charge in [-0.25, -0.2) is 9.59 Å². The third kappa shape index (κ3) is 4.30. The molecule has 0 aliphatic heterocycles. The molecule has 3 fully saturated rings. The first-order valence-electron chi connectivity index (χ1n) is 13.3. The van der Waals surface area contributed by atoms with Gasteiger partial charge in [0.15, 0.2) is 0 Å². The van der Waals surface area contributed by atoms with Gasteiger partial charge in [0.25, 0.3) is 0 Å². The predicted molar refractivity (Wildman–Crippen MR) is 136 cm³/mol. The molecule has 0 aromatic heterocycles. The zero-order valence-electron chi connectivity index (χ0n) is 21.2. The van der Waals surface area contributed by atoms with E-state index in [4.69, 9.17) is 9.47 Å². The van der Waals surface area contributed by atoms with Gasteiger partial charge in [0, 0.05) is 0 Å². The molecule has 0 amide bonds. The van der Waals surface area contributed by atoms with Crippen LogP contribution in [0.3, 0.4) is 0 Å². The fourth-order valence-corrected chi connectivity index (χ4v) is 7.80. The van der Waals surface area contributed by atoms with Gasteiger partial charge in [0.1, 0.15) is 12.2 Å². The van der Waals surface area contributed by atoms with Crippen LogP contribution in [0.4, 0.5) is 0 Å². The summed E-state index contributed by atoms with van der Waals surface area (Å²) in [5, 5.41) is 0. The largest absolute Gasteiger partial charge is 0.459 e. The molecule has 0 unspecified atom stereocenters. The van der Waals surface area contributed by atoms with Gasteiger partial charge < -0.3 is 9.47 Å². The van der Waals surface area contributed by atoms with E-state index in [0.717, 1.165) is 44.9 Å². The minimum atomic E-state index is -0.202. The maximum Gasteiger partial charge on any atom is 0.338 e. The normalized spacial score (nSPS) is 36.4. The van der Waals surface area contributed by atoms with E-state index in [9.17, 15) is 9.59 Å². The smallest absolute Gasteiger partial charge is 0.338 e. The Morgan fingerprint density at radius 3 is 1.94 bits per heavy atom. The minimum Gasteiger partial charge on any atom is -0.459 e. The summed E-state index contributed by atoms with van der Waals surface area (Å²) in [4.78, 5) is 25.4. The SMILES string of the molecule is C[C@H]1[C@@H](OC(=O)c2ccccc2)CC[C@]2(C)[C@H]1CC[C@@H]1C[C@H](OC(=O)c3ccccc3)CC[C@@]12C. The summed E-state index contributed by atoms with van der Waals surface area (Å²) in [5.41, 5.74) is 1.69. The maximum atomic E-state index is 12.8. The zero-order chi connectivity index (χ0) is 24.6. The van der Waals surface area contributed by atoms with Crippen molar-refractivity contribution in [2.45, 2.75) is 77.9 Å². The zero-order valence-corrected chi connectivity index (χ0v) is 21.2. The van der Waals surface area contributed by atoms with Gasteiger partial charge in [-0.05, 0) is 97.8 Å². The molecule has 0 spiro atoms. The van der Waals surface area contributed by atoms with Crippen molar-refractivity contribution in [3.63, 3.8) is 0 Å². The highest BCUT2D eigenvalue weighted by Gasteiger charge is 2.61. The molecule has 3 aliphatic rings. The lowest BCUT2D eigenvalue weighted by Gasteiger charge is -2.65. The number of fused-ring (bicyclic) bond motifs is 3. The quantitative estimate of drug-likeness (QED) is 0.444. The fraction of sp³-hybridized carbons (Fsp3) is 0.548. The topological polar surface area (TPSA) is 52.6 Å². The molecule has 186 valence electrons. The number of rotatable bonds is 4. The Bertz CT molecular complexity index is 1050. The minimum absolute atomic E-state index is 0.00141. The molecule has 5 rings (SSSR count). The first kappa shape index (κ1) is 24.1. The summed E-state index contributed by atoms with van der Waals surface area (Å²) < 4.78 is 12.0. The molecular weight excluding hydrogens is 436 g/mol. The van der Waals surface area contributed by atoms with Crippen LogP contribution in [0.15, 0.2) is 60.7 Å². The second-order valence-corrected chi connectivity index (χ2v) is 11.6. The highest BCUT2D eigenvalue weighted by Crippen LogP contribution is 2.67. The van der Waals surface area contributed by atoms with Gasteiger partial charge in [-0.3, -0.25) is 0 Å². The Morgan fingerprint density at radius 2 is 1.31 bits per heavy atom. The van der Waals surface area contributed by atoms with Crippen molar-refractivity contribution in [3.8, 4) is 0 Å². The van der Waals surface area contributed by atoms with E-state index in [2.05, 4.69) is 20.8 Å². The molecular formula is C31H38O4. The van der Waals surface area contributed by atoms with E-state index in [-0.39, 0.29) is 35.0 Å². The van der Waals surface area contributed by atoms with Crippen molar-refractivity contribution < 1.29 is 19.1 Å². The Labute approximate surface area is 209 Å². The lowest BCUT2D eigenvalue weighted by atomic mass is 9.41. The van der Waals surface area contributed by atoms with Gasteiger partial charge >= 0.3 is 11.9 Å². The Morgan fingerprint density at radius 1 is 0.743 bits per heavy atom. The molecule has 0 N–H and O–H groups in total. The summed E-state index contributed by atoms with van der Waals surface area (Å²) in [7, 11) is 0. The maximum absolute atomic E-state index is 12.8. The van der Waals surface area contributed by atoms with Crippen molar-refractivity contribution in [2.24, 2.45) is 28.6 Å². The first-order chi connectivity index (χ1) is 16.8. The molecule has 0 radical (unpaired) electrons. The van der Waals surface area contributed by atoms with Crippen LogP contribution in [0, 0.1) is 28.6 Å². The molecule has 0 bridgehead atoms. The first-order valence-corrected chi connectivity index (χ1v) is 13.3. The molecule has 2 aromatic rings. The standard InChI is InChI=1S/C31H38O4/c1-21-26-15-14-24-20-25(34-28(32)22-10-6-4-7-11-22)16-18-30(24,2)31(26,3)19-17-27(21)35-29(33)23-12-8-5-9-13-23/h4-13,21,24-27H,14-20H2,1-3H3/t21-,24-,25-,26+,27+,30+,31-/m1/s1. The summed E-state index contributed by atoms with van der Waals surface area (Å²) in [6, 6.07) is 18.7. The molecule has 3 aliphatic carbocycles. The molecule has 0 saturated heterocycles. The number of carbonyl (C=O) groups is 2. The summed E-state index contributed by atoms with van der Waals surface area (Å²) in [5.74, 6) is 1.03. The monoisotopic (exact) mass is 474 g/mol. The Hall–Kier alpha value is -2.62.